The molecule has 0 aliphatic heterocycles. The fourth-order valence-corrected chi connectivity index (χ4v) is 0.342. The molecule has 0 saturated heterocycles. The molecule has 3 nitrogen and oxygen atoms in total. The minimum Gasteiger partial charge on any atom is -0.465 e. The summed E-state index contributed by atoms with van der Waals surface area (Å²) < 4.78 is 12.2. The number of hydrogen-bond acceptors (Lipinski definition) is 1. The van der Waals surface area contributed by atoms with E-state index in [1.807, 2.05) is 5.32 Å². The van der Waals surface area contributed by atoms with Crippen molar-refractivity contribution < 1.29 is 14.3 Å². The zero-order valence-electron chi connectivity index (χ0n) is 5.22. The van der Waals surface area contributed by atoms with Crippen LogP contribution in [0.2, 0.25) is 0 Å². The summed E-state index contributed by atoms with van der Waals surface area (Å²) in [6.07, 6.45) is -1.88. The largest absolute Gasteiger partial charge is 0.465 e. The van der Waals surface area contributed by atoms with Gasteiger partial charge >= 0.3 is 6.09 Å². The van der Waals surface area contributed by atoms with Gasteiger partial charge in [-0.1, -0.05) is 6.92 Å². The van der Waals surface area contributed by atoms with E-state index >= 15 is 0 Å². The molecule has 1 amide bonds. The summed E-state index contributed by atoms with van der Waals surface area (Å²) in [5.41, 5.74) is 0. The van der Waals surface area contributed by atoms with Gasteiger partial charge in [0.2, 0.25) is 0 Å². The molecule has 0 radical (unpaired) electrons. The molecular formula is C5H10FNO2. The van der Waals surface area contributed by atoms with Crippen molar-refractivity contribution in [2.24, 2.45) is 0 Å². The highest BCUT2D eigenvalue weighted by Crippen LogP contribution is 1.92. The molecule has 1 unspecified atom stereocenters. The second-order valence-electron chi connectivity index (χ2n) is 1.69. The van der Waals surface area contributed by atoms with Crippen LogP contribution >= 0.6 is 0 Å². The highest BCUT2D eigenvalue weighted by atomic mass is 19.1. The summed E-state index contributed by atoms with van der Waals surface area (Å²) >= 11 is 0. The summed E-state index contributed by atoms with van der Waals surface area (Å²) in [7, 11) is 0. The molecule has 0 aromatic rings. The van der Waals surface area contributed by atoms with Gasteiger partial charge in [-0.05, 0) is 6.42 Å². The SMILES string of the molecule is CCC(F)CNC(=O)O. The van der Waals surface area contributed by atoms with Gasteiger partial charge in [-0.25, -0.2) is 9.18 Å². The van der Waals surface area contributed by atoms with E-state index in [0.717, 1.165) is 0 Å². The number of amides is 1. The van der Waals surface area contributed by atoms with Crippen LogP contribution in [0, 0.1) is 0 Å². The zero-order valence-corrected chi connectivity index (χ0v) is 5.22. The van der Waals surface area contributed by atoms with Gasteiger partial charge < -0.3 is 10.4 Å². The van der Waals surface area contributed by atoms with Crippen LogP contribution in [-0.2, 0) is 0 Å². The van der Waals surface area contributed by atoms with E-state index in [1.165, 1.54) is 0 Å². The first-order valence-corrected chi connectivity index (χ1v) is 2.77. The first-order chi connectivity index (χ1) is 4.16. The molecule has 0 fully saturated rings. The normalized spacial score (nSPS) is 12.7. The Bertz CT molecular complexity index is 97.0. The molecule has 2 N–H and O–H groups in total. The van der Waals surface area contributed by atoms with Crippen molar-refractivity contribution in [3.05, 3.63) is 0 Å². The lowest BCUT2D eigenvalue weighted by Gasteiger charge is -2.02. The lowest BCUT2D eigenvalue weighted by Crippen LogP contribution is -2.28. The number of nitrogens with one attached hydrogen (secondary N) is 1. The van der Waals surface area contributed by atoms with Gasteiger partial charge in [0, 0.05) is 0 Å². The van der Waals surface area contributed by atoms with Crippen molar-refractivity contribution >= 4 is 6.09 Å². The Balaban J connectivity index is 3.16. The fourth-order valence-electron chi connectivity index (χ4n) is 0.342. The average molecular weight is 135 g/mol. The van der Waals surface area contributed by atoms with Crippen LogP contribution in [0.25, 0.3) is 0 Å². The summed E-state index contributed by atoms with van der Waals surface area (Å²) in [4.78, 5) is 9.74. The van der Waals surface area contributed by atoms with Crippen molar-refractivity contribution in [1.29, 1.82) is 0 Å². The van der Waals surface area contributed by atoms with E-state index in [2.05, 4.69) is 0 Å². The highest BCUT2D eigenvalue weighted by molar-refractivity contribution is 5.64. The first kappa shape index (κ1) is 8.20. The van der Waals surface area contributed by atoms with E-state index in [0.29, 0.717) is 6.42 Å². The number of hydrogen-bond donors (Lipinski definition) is 2. The molecule has 0 aliphatic rings. The van der Waals surface area contributed by atoms with Gasteiger partial charge in [-0.15, -0.1) is 0 Å². The van der Waals surface area contributed by atoms with Gasteiger partial charge in [0.25, 0.3) is 0 Å². The van der Waals surface area contributed by atoms with Gasteiger partial charge in [-0.3, -0.25) is 0 Å². The Morgan fingerprint density at radius 3 is 2.78 bits per heavy atom. The van der Waals surface area contributed by atoms with Gasteiger partial charge in [0.05, 0.1) is 6.54 Å². The lowest BCUT2D eigenvalue weighted by atomic mass is 10.3. The summed E-state index contributed by atoms with van der Waals surface area (Å²) in [5.74, 6) is 0. The molecule has 1 atom stereocenters. The maximum absolute atomic E-state index is 12.2. The zero-order chi connectivity index (χ0) is 7.28. The Morgan fingerprint density at radius 2 is 2.44 bits per heavy atom. The molecule has 0 heterocycles. The van der Waals surface area contributed by atoms with Crippen LogP contribution in [-0.4, -0.2) is 23.9 Å². The van der Waals surface area contributed by atoms with E-state index in [4.69, 9.17) is 5.11 Å². The topological polar surface area (TPSA) is 49.3 Å². The van der Waals surface area contributed by atoms with Gasteiger partial charge in [0.15, 0.2) is 0 Å². The third-order valence-electron chi connectivity index (χ3n) is 0.918. The molecule has 0 saturated carbocycles. The van der Waals surface area contributed by atoms with Crippen molar-refractivity contribution in [3.63, 3.8) is 0 Å². The Hall–Kier alpha value is -0.800. The summed E-state index contributed by atoms with van der Waals surface area (Å²) in [5, 5.41) is 9.92. The highest BCUT2D eigenvalue weighted by Gasteiger charge is 2.02. The second-order valence-corrected chi connectivity index (χ2v) is 1.69. The van der Waals surface area contributed by atoms with Crippen LogP contribution in [0.4, 0.5) is 9.18 Å². The fraction of sp³-hybridized carbons (Fsp3) is 0.800. The van der Waals surface area contributed by atoms with Crippen molar-refractivity contribution in [2.45, 2.75) is 19.5 Å². The molecule has 9 heavy (non-hydrogen) atoms. The van der Waals surface area contributed by atoms with E-state index in [-0.39, 0.29) is 6.54 Å². The third kappa shape index (κ3) is 5.06. The van der Waals surface area contributed by atoms with E-state index in [1.54, 1.807) is 6.92 Å². The maximum atomic E-state index is 12.2. The number of rotatable bonds is 3. The second kappa shape index (κ2) is 4.12. The van der Waals surface area contributed by atoms with Crippen LogP contribution < -0.4 is 5.32 Å². The van der Waals surface area contributed by atoms with Crippen LogP contribution in [0.15, 0.2) is 0 Å². The quantitative estimate of drug-likeness (QED) is 0.606. The molecule has 0 spiro atoms. The van der Waals surface area contributed by atoms with Crippen molar-refractivity contribution in [3.8, 4) is 0 Å². The van der Waals surface area contributed by atoms with Gasteiger partial charge in [-0.2, -0.15) is 0 Å². The third-order valence-corrected chi connectivity index (χ3v) is 0.918. The minimum absolute atomic E-state index is 0.105. The lowest BCUT2D eigenvalue weighted by molar-refractivity contribution is 0.189. The molecule has 0 bridgehead atoms. The maximum Gasteiger partial charge on any atom is 0.404 e. The average Bonchev–Trinajstić information content (AvgIpc) is 1.83. The summed E-state index contributed by atoms with van der Waals surface area (Å²) in [6.45, 7) is 1.56. The number of halogens is 1. The molecule has 0 aromatic carbocycles. The van der Waals surface area contributed by atoms with Crippen LogP contribution in [0.5, 0.6) is 0 Å². The minimum atomic E-state index is -1.17. The predicted molar refractivity (Wildman–Crippen MR) is 31.2 cm³/mol. The Morgan fingerprint density at radius 1 is 1.89 bits per heavy atom. The molecular weight excluding hydrogens is 125 g/mol. The predicted octanol–water partition coefficient (Wildman–Crippen LogP) is 1.00. The Labute approximate surface area is 52.9 Å². The van der Waals surface area contributed by atoms with Crippen molar-refractivity contribution in [1.82, 2.24) is 5.32 Å². The summed E-state index contributed by atoms with van der Waals surface area (Å²) in [6, 6.07) is 0. The Kier molecular flexibility index (Phi) is 3.75. The number of carboxylic acid groups (broad SMARTS) is 1. The van der Waals surface area contributed by atoms with Crippen LogP contribution in [0.3, 0.4) is 0 Å². The smallest absolute Gasteiger partial charge is 0.404 e. The van der Waals surface area contributed by atoms with Crippen molar-refractivity contribution in [2.75, 3.05) is 6.54 Å². The molecule has 4 heteroatoms. The van der Waals surface area contributed by atoms with E-state index in [9.17, 15) is 9.18 Å². The number of alkyl halides is 1. The molecule has 0 aliphatic carbocycles. The standard InChI is InChI=1S/C5H10FNO2/c1-2-4(6)3-7-5(8)9/h4,7H,2-3H2,1H3,(H,8,9). The molecule has 0 rings (SSSR count). The molecule has 54 valence electrons. The molecule has 0 aromatic heterocycles. The monoisotopic (exact) mass is 135 g/mol. The number of carbonyl (C=O) groups is 1. The van der Waals surface area contributed by atoms with Crippen LogP contribution in [0.1, 0.15) is 13.3 Å². The van der Waals surface area contributed by atoms with Gasteiger partial charge in [0.1, 0.15) is 6.17 Å². The van der Waals surface area contributed by atoms with E-state index < -0.39 is 12.3 Å². The first-order valence-electron chi connectivity index (χ1n) is 2.77.